The van der Waals surface area contributed by atoms with Crippen molar-refractivity contribution < 1.29 is 4.74 Å². The normalized spacial score (nSPS) is 19.4. The maximum absolute atomic E-state index is 6.24. The minimum Gasteiger partial charge on any atom is -0.379 e. The van der Waals surface area contributed by atoms with Crippen LogP contribution in [0.2, 0.25) is 5.02 Å². The first kappa shape index (κ1) is 15.5. The second-order valence-corrected chi connectivity index (χ2v) is 6.74. The topological polar surface area (TPSA) is 37.4 Å². The highest BCUT2D eigenvalue weighted by Crippen LogP contribution is 2.22. The monoisotopic (exact) mass is 297 g/mol. The second kappa shape index (κ2) is 6.29. The molecule has 0 saturated carbocycles. The quantitative estimate of drug-likeness (QED) is 0.927. The van der Waals surface area contributed by atoms with Crippen molar-refractivity contribution in [1.29, 1.82) is 0 Å². The highest BCUT2D eigenvalue weighted by molar-refractivity contribution is 6.31. The molecule has 5 heteroatoms. The zero-order chi connectivity index (χ0) is 14.8. The van der Waals surface area contributed by atoms with Gasteiger partial charge in [0.05, 0.1) is 23.4 Å². The van der Waals surface area contributed by atoms with Crippen molar-refractivity contribution in [3.8, 4) is 0 Å². The van der Waals surface area contributed by atoms with Gasteiger partial charge in [0.1, 0.15) is 5.82 Å². The smallest absolute Gasteiger partial charge is 0.129 e. The number of anilines is 1. The van der Waals surface area contributed by atoms with Crippen LogP contribution in [0.3, 0.4) is 0 Å². The molecular weight excluding hydrogens is 274 g/mol. The third-order valence-corrected chi connectivity index (χ3v) is 3.85. The summed E-state index contributed by atoms with van der Waals surface area (Å²) in [6, 6.07) is 4.31. The first-order chi connectivity index (χ1) is 9.37. The molecule has 0 spiro atoms. The van der Waals surface area contributed by atoms with Crippen LogP contribution in [0, 0.1) is 0 Å². The van der Waals surface area contributed by atoms with Gasteiger partial charge in [0.15, 0.2) is 0 Å². The van der Waals surface area contributed by atoms with Crippen LogP contribution in [0.4, 0.5) is 5.82 Å². The Morgan fingerprint density at radius 2 is 2.20 bits per heavy atom. The summed E-state index contributed by atoms with van der Waals surface area (Å²) < 4.78 is 5.44. The summed E-state index contributed by atoms with van der Waals surface area (Å²) in [7, 11) is 2.07. The van der Waals surface area contributed by atoms with E-state index in [1.165, 1.54) is 0 Å². The molecule has 0 bridgehead atoms. The first-order valence-electron chi connectivity index (χ1n) is 7.08. The number of aromatic nitrogens is 1. The molecule has 1 saturated heterocycles. The number of likely N-dealkylation sites (N-methyl/N-ethyl adjacent to an activating group) is 1. The molecule has 0 aromatic carbocycles. The van der Waals surface area contributed by atoms with Gasteiger partial charge in [-0.2, -0.15) is 0 Å². The van der Waals surface area contributed by atoms with Crippen molar-refractivity contribution in [2.24, 2.45) is 0 Å². The van der Waals surface area contributed by atoms with Crippen LogP contribution in [0.25, 0.3) is 0 Å². The van der Waals surface area contributed by atoms with Crippen molar-refractivity contribution in [2.75, 3.05) is 25.2 Å². The lowest BCUT2D eigenvalue weighted by Gasteiger charge is -2.25. The molecule has 1 atom stereocenters. The van der Waals surface area contributed by atoms with Crippen LogP contribution in [0.1, 0.15) is 32.9 Å². The number of hydrogen-bond donors (Lipinski definition) is 1. The van der Waals surface area contributed by atoms with E-state index >= 15 is 0 Å². The lowest BCUT2D eigenvalue weighted by Crippen LogP contribution is -2.36. The van der Waals surface area contributed by atoms with E-state index in [9.17, 15) is 0 Å². The van der Waals surface area contributed by atoms with Gasteiger partial charge in [0.25, 0.3) is 0 Å². The molecule has 2 rings (SSSR count). The van der Waals surface area contributed by atoms with E-state index < -0.39 is 0 Å². The highest BCUT2D eigenvalue weighted by Gasteiger charge is 2.22. The van der Waals surface area contributed by atoms with Gasteiger partial charge < -0.3 is 15.0 Å². The first-order valence-corrected chi connectivity index (χ1v) is 7.45. The third kappa shape index (κ3) is 4.08. The van der Waals surface area contributed by atoms with Crippen molar-refractivity contribution in [2.45, 2.75) is 45.3 Å². The van der Waals surface area contributed by atoms with Crippen LogP contribution in [0.15, 0.2) is 12.1 Å². The van der Waals surface area contributed by atoms with Crippen molar-refractivity contribution in [3.05, 3.63) is 22.8 Å². The Morgan fingerprint density at radius 3 is 2.80 bits per heavy atom. The molecule has 1 aliphatic rings. The van der Waals surface area contributed by atoms with Crippen LogP contribution in [-0.4, -0.2) is 36.8 Å². The molecule has 2 heterocycles. The molecule has 1 N–H and O–H groups in total. The number of ether oxygens (including phenoxy) is 1. The summed E-state index contributed by atoms with van der Waals surface area (Å²) in [4.78, 5) is 6.88. The summed E-state index contributed by atoms with van der Waals surface area (Å²) >= 11 is 6.24. The number of hydrogen-bond acceptors (Lipinski definition) is 4. The van der Waals surface area contributed by atoms with E-state index in [-0.39, 0.29) is 5.54 Å². The average Bonchev–Trinajstić information content (AvgIpc) is 2.90. The fourth-order valence-electron chi connectivity index (χ4n) is 2.16. The highest BCUT2D eigenvalue weighted by atomic mass is 35.5. The van der Waals surface area contributed by atoms with Crippen LogP contribution in [0.5, 0.6) is 0 Å². The molecule has 1 aromatic rings. The fourth-order valence-corrected chi connectivity index (χ4v) is 2.33. The summed E-state index contributed by atoms with van der Waals surface area (Å²) in [5.74, 6) is 0.954. The number of halogens is 1. The standard InChI is InChI=1S/C15H24ClN3O/c1-15(2,3)17-9-13-12(16)5-6-14(18-13)19(4)11-7-8-20-10-11/h5-6,11,17H,7-10H2,1-4H3. The molecular formula is C15H24ClN3O. The summed E-state index contributed by atoms with van der Waals surface area (Å²) in [5, 5.41) is 4.13. The molecule has 1 unspecified atom stereocenters. The van der Waals surface area contributed by atoms with Gasteiger partial charge in [-0.1, -0.05) is 11.6 Å². The van der Waals surface area contributed by atoms with Crippen molar-refractivity contribution in [1.82, 2.24) is 10.3 Å². The predicted molar refractivity (Wildman–Crippen MR) is 83.5 cm³/mol. The molecule has 1 aliphatic heterocycles. The maximum atomic E-state index is 6.24. The molecule has 1 aromatic heterocycles. The zero-order valence-corrected chi connectivity index (χ0v) is 13.5. The summed E-state index contributed by atoms with van der Waals surface area (Å²) in [6.07, 6.45) is 1.05. The van der Waals surface area contributed by atoms with E-state index in [4.69, 9.17) is 21.3 Å². The number of rotatable bonds is 4. The van der Waals surface area contributed by atoms with Gasteiger partial charge in [-0.05, 0) is 39.3 Å². The molecule has 1 fully saturated rings. The lowest BCUT2D eigenvalue weighted by atomic mass is 10.1. The van der Waals surface area contributed by atoms with E-state index in [0.29, 0.717) is 17.6 Å². The molecule has 20 heavy (non-hydrogen) atoms. The Balaban J connectivity index is 2.11. The van der Waals surface area contributed by atoms with Crippen LogP contribution >= 0.6 is 11.6 Å². The third-order valence-electron chi connectivity index (χ3n) is 3.50. The van der Waals surface area contributed by atoms with Crippen molar-refractivity contribution >= 4 is 17.4 Å². The number of nitrogens with zero attached hydrogens (tertiary/aromatic N) is 2. The molecule has 0 radical (unpaired) electrons. The molecule has 112 valence electrons. The van der Waals surface area contributed by atoms with E-state index in [2.05, 4.69) is 38.0 Å². The van der Waals surface area contributed by atoms with E-state index in [0.717, 1.165) is 31.1 Å². The summed E-state index contributed by atoms with van der Waals surface area (Å²) in [6.45, 7) is 8.68. The number of nitrogens with one attached hydrogen (secondary N) is 1. The molecule has 0 amide bonds. The minimum atomic E-state index is 0.0478. The van der Waals surface area contributed by atoms with Crippen molar-refractivity contribution in [3.63, 3.8) is 0 Å². The van der Waals surface area contributed by atoms with Gasteiger partial charge >= 0.3 is 0 Å². The lowest BCUT2D eigenvalue weighted by molar-refractivity contribution is 0.193. The van der Waals surface area contributed by atoms with Crippen LogP contribution < -0.4 is 10.2 Å². The molecule has 0 aliphatic carbocycles. The Morgan fingerprint density at radius 1 is 1.45 bits per heavy atom. The largest absolute Gasteiger partial charge is 0.379 e. The van der Waals surface area contributed by atoms with Gasteiger partial charge in [-0.15, -0.1) is 0 Å². The minimum absolute atomic E-state index is 0.0478. The van der Waals surface area contributed by atoms with E-state index in [1.54, 1.807) is 0 Å². The Bertz CT molecular complexity index is 453. The van der Waals surface area contributed by atoms with Gasteiger partial charge in [-0.25, -0.2) is 4.98 Å². The van der Waals surface area contributed by atoms with E-state index in [1.807, 2.05) is 12.1 Å². The SMILES string of the molecule is CN(c1ccc(Cl)c(CNC(C)(C)C)n1)C1CCOC1. The maximum Gasteiger partial charge on any atom is 0.129 e. The number of pyridine rings is 1. The predicted octanol–water partition coefficient (Wildman–Crippen LogP) is 2.85. The summed E-state index contributed by atoms with van der Waals surface area (Å²) in [5.41, 5.74) is 0.941. The van der Waals surface area contributed by atoms with Gasteiger partial charge in [0, 0.05) is 25.7 Å². The Kier molecular flexibility index (Phi) is 4.89. The average molecular weight is 298 g/mol. The Labute approximate surface area is 126 Å². The molecule has 4 nitrogen and oxygen atoms in total. The second-order valence-electron chi connectivity index (χ2n) is 6.33. The van der Waals surface area contributed by atoms with Gasteiger partial charge in [-0.3, -0.25) is 0 Å². The fraction of sp³-hybridized carbons (Fsp3) is 0.667. The van der Waals surface area contributed by atoms with Gasteiger partial charge in [0.2, 0.25) is 0 Å². The Hall–Kier alpha value is -0.840. The van der Waals surface area contributed by atoms with Crippen LogP contribution in [-0.2, 0) is 11.3 Å². The zero-order valence-electron chi connectivity index (χ0n) is 12.7.